The first-order valence-electron chi connectivity index (χ1n) is 4.43. The Morgan fingerprint density at radius 1 is 1.29 bits per heavy atom. The lowest BCUT2D eigenvalue weighted by Crippen LogP contribution is -2.38. The molecule has 0 aliphatic carbocycles. The SMILES string of the molecule is NN=C(N=C(N)N)N(c1ccccc1)[N+](=O)[O-]. The number of hydrazine groups is 1. The van der Waals surface area contributed by atoms with Gasteiger partial charge in [0.25, 0.3) is 0 Å². The molecule has 0 fully saturated rings. The molecule has 9 heteroatoms. The molecule has 0 aliphatic rings. The van der Waals surface area contributed by atoms with Crippen molar-refractivity contribution in [3.63, 3.8) is 0 Å². The monoisotopic (exact) mass is 237 g/mol. The second-order valence-corrected chi connectivity index (χ2v) is 2.85. The molecule has 6 N–H and O–H groups in total. The van der Waals surface area contributed by atoms with Gasteiger partial charge in [-0.3, -0.25) is 0 Å². The summed E-state index contributed by atoms with van der Waals surface area (Å²) in [6, 6.07) is 7.94. The average molecular weight is 237 g/mol. The van der Waals surface area contributed by atoms with Gasteiger partial charge in [0.15, 0.2) is 11.0 Å². The molecule has 1 rings (SSSR count). The molecule has 0 aliphatic heterocycles. The van der Waals surface area contributed by atoms with Crippen molar-refractivity contribution < 1.29 is 5.03 Å². The summed E-state index contributed by atoms with van der Waals surface area (Å²) in [4.78, 5) is 14.4. The number of para-hydroxylation sites is 1. The predicted octanol–water partition coefficient (Wildman–Crippen LogP) is -0.812. The Kier molecular flexibility index (Phi) is 3.81. The van der Waals surface area contributed by atoms with Crippen LogP contribution in [0, 0.1) is 10.1 Å². The molecule has 1 aromatic rings. The molecule has 0 amide bonds. The molecular formula is C8H11N7O2. The van der Waals surface area contributed by atoms with Crippen LogP contribution >= 0.6 is 0 Å². The fourth-order valence-electron chi connectivity index (χ4n) is 1.10. The number of aliphatic imine (C=N–C) groups is 1. The van der Waals surface area contributed by atoms with Crippen molar-refractivity contribution >= 4 is 17.6 Å². The summed E-state index contributed by atoms with van der Waals surface area (Å²) in [5.74, 6) is 4.23. The second kappa shape index (κ2) is 5.30. The van der Waals surface area contributed by atoms with E-state index in [0.717, 1.165) is 0 Å². The molecule has 0 spiro atoms. The van der Waals surface area contributed by atoms with Crippen LogP contribution in [0.1, 0.15) is 0 Å². The minimum absolute atomic E-state index is 0.228. The van der Waals surface area contributed by atoms with Crippen LogP contribution in [0.15, 0.2) is 40.4 Å². The summed E-state index contributed by atoms with van der Waals surface area (Å²) >= 11 is 0. The Bertz CT molecular complexity index is 452. The molecule has 0 radical (unpaired) electrons. The number of hydrazone groups is 1. The van der Waals surface area contributed by atoms with Gasteiger partial charge in [0.05, 0.1) is 0 Å². The Labute approximate surface area is 96.3 Å². The van der Waals surface area contributed by atoms with Crippen LogP contribution < -0.4 is 22.3 Å². The van der Waals surface area contributed by atoms with E-state index < -0.39 is 11.0 Å². The van der Waals surface area contributed by atoms with Crippen molar-refractivity contribution in [2.75, 3.05) is 5.01 Å². The van der Waals surface area contributed by atoms with Crippen LogP contribution in [0.25, 0.3) is 0 Å². The maximum atomic E-state index is 10.9. The van der Waals surface area contributed by atoms with Crippen LogP contribution in [0.3, 0.4) is 0 Å². The summed E-state index contributed by atoms with van der Waals surface area (Å²) < 4.78 is 0. The number of rotatable bonds is 2. The van der Waals surface area contributed by atoms with Crippen molar-refractivity contribution in [1.82, 2.24) is 0 Å². The summed E-state index contributed by atoms with van der Waals surface area (Å²) in [7, 11) is 0. The lowest BCUT2D eigenvalue weighted by Gasteiger charge is -2.11. The van der Waals surface area contributed by atoms with E-state index in [-0.39, 0.29) is 11.6 Å². The van der Waals surface area contributed by atoms with Gasteiger partial charge in [0.2, 0.25) is 0 Å². The van der Waals surface area contributed by atoms with Crippen LogP contribution in [0.4, 0.5) is 5.69 Å². The van der Waals surface area contributed by atoms with Crippen molar-refractivity contribution in [2.45, 2.75) is 0 Å². The minimum atomic E-state index is -0.729. The first-order chi connectivity index (χ1) is 8.06. The fourth-order valence-corrected chi connectivity index (χ4v) is 1.10. The van der Waals surface area contributed by atoms with Gasteiger partial charge >= 0.3 is 5.96 Å². The van der Waals surface area contributed by atoms with E-state index in [2.05, 4.69) is 10.1 Å². The zero-order chi connectivity index (χ0) is 12.8. The number of nitro groups is 1. The molecule has 0 bridgehead atoms. The average Bonchev–Trinajstić information content (AvgIpc) is 2.28. The number of nitrogens with two attached hydrogens (primary N) is 3. The molecule has 9 nitrogen and oxygen atoms in total. The van der Waals surface area contributed by atoms with Gasteiger partial charge < -0.3 is 17.3 Å². The van der Waals surface area contributed by atoms with Gasteiger partial charge in [0.1, 0.15) is 5.69 Å². The molecule has 1 aromatic carbocycles. The van der Waals surface area contributed by atoms with E-state index in [1.54, 1.807) is 18.2 Å². The first-order valence-corrected chi connectivity index (χ1v) is 4.43. The van der Waals surface area contributed by atoms with E-state index in [0.29, 0.717) is 5.01 Å². The second-order valence-electron chi connectivity index (χ2n) is 2.85. The van der Waals surface area contributed by atoms with E-state index in [9.17, 15) is 10.1 Å². The summed E-state index contributed by atoms with van der Waals surface area (Å²) in [5.41, 5.74) is 10.5. The van der Waals surface area contributed by atoms with Gasteiger partial charge in [-0.1, -0.05) is 18.2 Å². The third-order valence-electron chi connectivity index (χ3n) is 1.70. The molecule has 90 valence electrons. The number of nitrogens with zero attached hydrogens (tertiary/aromatic N) is 4. The van der Waals surface area contributed by atoms with Crippen molar-refractivity contribution in [2.24, 2.45) is 27.4 Å². The predicted molar refractivity (Wildman–Crippen MR) is 63.3 cm³/mol. The normalized spacial score (nSPS) is 10.7. The zero-order valence-electron chi connectivity index (χ0n) is 8.72. The Morgan fingerprint density at radius 2 is 1.88 bits per heavy atom. The Hall–Kier alpha value is -2.84. The lowest BCUT2D eigenvalue weighted by molar-refractivity contribution is -0.479. The third-order valence-corrected chi connectivity index (χ3v) is 1.70. The standard InChI is InChI=1S/C8H11N7O2/c9-7(10)12-8(13-11)14(15(16)17)6-4-2-1-3-5-6/h1-5H,11H2,(H4,9,10,12,13). The van der Waals surface area contributed by atoms with E-state index in [1.807, 2.05) is 0 Å². The molecule has 17 heavy (non-hydrogen) atoms. The third kappa shape index (κ3) is 3.06. The molecule has 0 atom stereocenters. The smallest absolute Gasteiger partial charge is 0.313 e. The van der Waals surface area contributed by atoms with Gasteiger partial charge in [-0.15, -0.1) is 5.10 Å². The van der Waals surface area contributed by atoms with Gasteiger partial charge in [-0.2, -0.15) is 4.99 Å². The highest BCUT2D eigenvalue weighted by Gasteiger charge is 2.24. The van der Waals surface area contributed by atoms with E-state index >= 15 is 0 Å². The van der Waals surface area contributed by atoms with E-state index in [1.165, 1.54) is 12.1 Å². The summed E-state index contributed by atoms with van der Waals surface area (Å²) in [6.45, 7) is 0. The molecule has 0 heterocycles. The van der Waals surface area contributed by atoms with E-state index in [4.69, 9.17) is 17.3 Å². The molecule has 0 saturated heterocycles. The molecule has 0 aromatic heterocycles. The van der Waals surface area contributed by atoms with Crippen molar-refractivity contribution in [1.29, 1.82) is 0 Å². The van der Waals surface area contributed by atoms with Crippen LogP contribution in [-0.2, 0) is 0 Å². The van der Waals surface area contributed by atoms with Gasteiger partial charge in [0, 0.05) is 0 Å². The maximum absolute atomic E-state index is 10.9. The summed E-state index contributed by atoms with van der Waals surface area (Å²) in [6.07, 6.45) is 0. The maximum Gasteiger partial charge on any atom is 0.313 e. The minimum Gasteiger partial charge on any atom is -0.370 e. The fraction of sp³-hybridized carbons (Fsp3) is 0. The zero-order valence-corrected chi connectivity index (χ0v) is 8.72. The largest absolute Gasteiger partial charge is 0.370 e. The highest BCUT2D eigenvalue weighted by molar-refractivity contribution is 6.01. The van der Waals surface area contributed by atoms with Gasteiger partial charge in [-0.25, -0.2) is 10.1 Å². The summed E-state index contributed by atoms with van der Waals surface area (Å²) in [5, 5.41) is 13.9. The number of guanidine groups is 2. The van der Waals surface area contributed by atoms with Crippen LogP contribution in [0.2, 0.25) is 0 Å². The number of benzene rings is 1. The quantitative estimate of drug-likeness (QED) is 0.201. The Morgan fingerprint density at radius 3 is 2.29 bits per heavy atom. The highest BCUT2D eigenvalue weighted by Crippen LogP contribution is 2.14. The lowest BCUT2D eigenvalue weighted by atomic mass is 10.3. The van der Waals surface area contributed by atoms with Crippen LogP contribution in [-0.4, -0.2) is 17.0 Å². The van der Waals surface area contributed by atoms with Crippen molar-refractivity contribution in [3.8, 4) is 0 Å². The number of anilines is 1. The molecule has 0 saturated carbocycles. The number of hydrogen-bond donors (Lipinski definition) is 3. The Balaban J connectivity index is 3.19. The van der Waals surface area contributed by atoms with Crippen molar-refractivity contribution in [3.05, 3.63) is 40.4 Å². The first kappa shape index (κ1) is 12.2. The topological polar surface area (TPSA) is 149 Å². The van der Waals surface area contributed by atoms with Gasteiger partial charge in [-0.05, 0) is 17.1 Å². The highest BCUT2D eigenvalue weighted by atomic mass is 16.7. The van der Waals surface area contributed by atoms with Crippen LogP contribution in [0.5, 0.6) is 0 Å². The molecular weight excluding hydrogens is 226 g/mol. The molecule has 0 unspecified atom stereocenters. The number of hydrogen-bond acceptors (Lipinski definition) is 4.